The lowest BCUT2D eigenvalue weighted by atomic mass is 9.98. The predicted octanol–water partition coefficient (Wildman–Crippen LogP) is 3.93. The molecule has 0 radical (unpaired) electrons. The van der Waals surface area contributed by atoms with Gasteiger partial charge in [0.05, 0.1) is 23.1 Å². The molecule has 0 fully saturated rings. The number of thiazole rings is 1. The Labute approximate surface area is 178 Å². The van der Waals surface area contributed by atoms with Crippen LogP contribution in [0, 0.1) is 12.8 Å². The smallest absolute Gasteiger partial charge is 0.337 e. The van der Waals surface area contributed by atoms with E-state index in [1.165, 1.54) is 11.3 Å². The molecule has 1 unspecified atom stereocenters. The Morgan fingerprint density at radius 2 is 2.03 bits per heavy atom. The number of carbonyl (C=O) groups is 2. The maximum atomic E-state index is 11.8. The number of primary amides is 1. The van der Waals surface area contributed by atoms with Crippen molar-refractivity contribution in [3.05, 3.63) is 41.3 Å². The van der Waals surface area contributed by atoms with Crippen molar-refractivity contribution in [1.29, 1.82) is 0 Å². The van der Waals surface area contributed by atoms with Gasteiger partial charge >= 0.3 is 5.97 Å². The summed E-state index contributed by atoms with van der Waals surface area (Å²) in [6.07, 6.45) is 6.41. The van der Waals surface area contributed by atoms with Crippen LogP contribution in [0.4, 0.5) is 0 Å². The van der Waals surface area contributed by atoms with Crippen molar-refractivity contribution in [3.63, 3.8) is 0 Å². The molecule has 0 spiro atoms. The number of carboxylic acid groups (broad SMARTS) is 1. The molecular formula is C21H25N5O3S. The fourth-order valence-corrected chi connectivity index (χ4v) is 4.40. The van der Waals surface area contributed by atoms with Gasteiger partial charge in [0.2, 0.25) is 5.91 Å². The fraction of sp³-hybridized carbons (Fsp3) is 0.381. The van der Waals surface area contributed by atoms with Gasteiger partial charge in [-0.3, -0.25) is 14.8 Å². The molecule has 3 N–H and O–H groups in total. The summed E-state index contributed by atoms with van der Waals surface area (Å²) in [6.45, 7) is 5.99. The van der Waals surface area contributed by atoms with E-state index < -0.39 is 5.97 Å². The molecule has 0 saturated carbocycles. The summed E-state index contributed by atoms with van der Waals surface area (Å²) in [5.41, 5.74) is 8.31. The first kappa shape index (κ1) is 21.6. The molecule has 30 heavy (non-hydrogen) atoms. The van der Waals surface area contributed by atoms with Gasteiger partial charge in [0.25, 0.3) is 0 Å². The Kier molecular flexibility index (Phi) is 6.61. The highest BCUT2D eigenvalue weighted by atomic mass is 32.1. The molecule has 3 aromatic heterocycles. The SMILES string of the molecule is Cc1c(C(=O)O)cc(-c2csc(-c3cnccn3)n2)n1C(CCC(N)=O)CC(C)C. The number of aromatic carboxylic acids is 1. The largest absolute Gasteiger partial charge is 0.478 e. The quantitative estimate of drug-likeness (QED) is 0.533. The number of hydrogen-bond donors (Lipinski definition) is 2. The van der Waals surface area contributed by atoms with Crippen molar-refractivity contribution in [3.8, 4) is 22.1 Å². The highest BCUT2D eigenvalue weighted by Crippen LogP contribution is 2.36. The van der Waals surface area contributed by atoms with E-state index in [1.54, 1.807) is 31.6 Å². The molecule has 0 aromatic carbocycles. The molecule has 8 nitrogen and oxygen atoms in total. The average Bonchev–Trinajstić information content (AvgIpc) is 3.30. The van der Waals surface area contributed by atoms with E-state index in [0.29, 0.717) is 40.1 Å². The van der Waals surface area contributed by atoms with Crippen LogP contribution in [0.2, 0.25) is 0 Å². The third-order valence-corrected chi connectivity index (χ3v) is 5.77. The number of carboxylic acids is 1. The standard InChI is InChI=1S/C21H25N5O3S/c1-12(2)8-14(4-5-19(22)27)26-13(3)15(21(28)29)9-18(26)17-11-30-20(25-17)16-10-23-6-7-24-16/h6-7,9-12,14H,4-5,8H2,1-3H3,(H2,22,27)(H,28,29). The van der Waals surface area contributed by atoms with Crippen LogP contribution in [0.25, 0.3) is 22.1 Å². The van der Waals surface area contributed by atoms with Gasteiger partial charge in [0.1, 0.15) is 10.7 Å². The fourth-order valence-electron chi connectivity index (χ4n) is 3.63. The van der Waals surface area contributed by atoms with Gasteiger partial charge < -0.3 is 15.4 Å². The maximum absolute atomic E-state index is 11.8. The first-order chi connectivity index (χ1) is 14.3. The minimum Gasteiger partial charge on any atom is -0.478 e. The lowest BCUT2D eigenvalue weighted by Crippen LogP contribution is -2.19. The highest BCUT2D eigenvalue weighted by molar-refractivity contribution is 7.13. The van der Waals surface area contributed by atoms with Crippen LogP contribution >= 0.6 is 11.3 Å². The molecule has 9 heteroatoms. The van der Waals surface area contributed by atoms with E-state index in [-0.39, 0.29) is 23.9 Å². The van der Waals surface area contributed by atoms with E-state index in [4.69, 9.17) is 10.7 Å². The normalized spacial score (nSPS) is 12.3. The lowest BCUT2D eigenvalue weighted by Gasteiger charge is -2.24. The van der Waals surface area contributed by atoms with E-state index in [0.717, 1.165) is 6.42 Å². The molecule has 0 bridgehead atoms. The Morgan fingerprint density at radius 1 is 1.27 bits per heavy atom. The summed E-state index contributed by atoms with van der Waals surface area (Å²) in [5, 5.41) is 12.3. The Bertz CT molecular complexity index is 1040. The van der Waals surface area contributed by atoms with Crippen molar-refractivity contribution in [2.75, 3.05) is 0 Å². The van der Waals surface area contributed by atoms with E-state index >= 15 is 0 Å². The second-order valence-electron chi connectivity index (χ2n) is 7.62. The highest BCUT2D eigenvalue weighted by Gasteiger charge is 2.25. The zero-order valence-electron chi connectivity index (χ0n) is 17.2. The van der Waals surface area contributed by atoms with Crippen LogP contribution in [0.15, 0.2) is 30.0 Å². The number of aromatic nitrogens is 4. The molecular weight excluding hydrogens is 402 g/mol. The van der Waals surface area contributed by atoms with Crippen molar-refractivity contribution >= 4 is 23.2 Å². The van der Waals surface area contributed by atoms with Gasteiger partial charge in [-0.15, -0.1) is 11.3 Å². The second-order valence-corrected chi connectivity index (χ2v) is 8.48. The zero-order chi connectivity index (χ0) is 21.8. The Morgan fingerprint density at radius 3 is 2.63 bits per heavy atom. The lowest BCUT2D eigenvalue weighted by molar-refractivity contribution is -0.118. The van der Waals surface area contributed by atoms with Crippen LogP contribution in [0.1, 0.15) is 55.2 Å². The summed E-state index contributed by atoms with van der Waals surface area (Å²) in [5.74, 6) is -1.00. The summed E-state index contributed by atoms with van der Waals surface area (Å²) < 4.78 is 2.00. The number of hydrogen-bond acceptors (Lipinski definition) is 6. The van der Waals surface area contributed by atoms with Crippen LogP contribution in [0.5, 0.6) is 0 Å². The number of nitrogens with zero attached hydrogens (tertiary/aromatic N) is 4. The second kappa shape index (κ2) is 9.17. The van der Waals surface area contributed by atoms with Gasteiger partial charge in [0.15, 0.2) is 0 Å². The number of carbonyl (C=O) groups excluding carboxylic acids is 1. The number of rotatable bonds is 9. The summed E-state index contributed by atoms with van der Waals surface area (Å²) in [7, 11) is 0. The third kappa shape index (κ3) is 4.73. The minimum absolute atomic E-state index is 0.0673. The molecule has 158 valence electrons. The van der Waals surface area contributed by atoms with Gasteiger partial charge in [-0.25, -0.2) is 9.78 Å². The predicted molar refractivity (Wildman–Crippen MR) is 115 cm³/mol. The van der Waals surface area contributed by atoms with Gasteiger partial charge in [-0.1, -0.05) is 13.8 Å². The number of amides is 1. The van der Waals surface area contributed by atoms with E-state index in [9.17, 15) is 14.7 Å². The molecule has 1 atom stereocenters. The van der Waals surface area contributed by atoms with E-state index in [1.807, 2.05) is 9.95 Å². The van der Waals surface area contributed by atoms with Gasteiger partial charge in [-0.05, 0) is 31.7 Å². The van der Waals surface area contributed by atoms with Crippen LogP contribution < -0.4 is 5.73 Å². The van der Waals surface area contributed by atoms with Gasteiger partial charge in [0, 0.05) is 35.9 Å². The van der Waals surface area contributed by atoms with Crippen molar-refractivity contribution < 1.29 is 14.7 Å². The Balaban J connectivity index is 2.10. The molecule has 0 aliphatic carbocycles. The number of nitrogens with two attached hydrogens (primary N) is 1. The van der Waals surface area contributed by atoms with E-state index in [2.05, 4.69) is 23.8 Å². The molecule has 0 saturated heterocycles. The van der Waals surface area contributed by atoms with Crippen LogP contribution in [-0.4, -0.2) is 36.5 Å². The molecule has 3 rings (SSSR count). The van der Waals surface area contributed by atoms with Crippen LogP contribution in [-0.2, 0) is 4.79 Å². The first-order valence-corrected chi connectivity index (χ1v) is 10.6. The van der Waals surface area contributed by atoms with Crippen molar-refractivity contribution in [2.24, 2.45) is 11.7 Å². The monoisotopic (exact) mass is 427 g/mol. The molecule has 0 aliphatic rings. The average molecular weight is 428 g/mol. The summed E-state index contributed by atoms with van der Waals surface area (Å²) in [6, 6.07) is 1.59. The summed E-state index contributed by atoms with van der Waals surface area (Å²) in [4.78, 5) is 36.3. The van der Waals surface area contributed by atoms with Crippen LogP contribution in [0.3, 0.4) is 0 Å². The Hall–Kier alpha value is -3.07. The third-order valence-electron chi connectivity index (χ3n) is 4.90. The first-order valence-electron chi connectivity index (χ1n) is 9.73. The van der Waals surface area contributed by atoms with Gasteiger partial charge in [-0.2, -0.15) is 0 Å². The molecule has 3 aromatic rings. The zero-order valence-corrected chi connectivity index (χ0v) is 18.0. The maximum Gasteiger partial charge on any atom is 0.337 e. The molecule has 1 amide bonds. The van der Waals surface area contributed by atoms with Crippen molar-refractivity contribution in [1.82, 2.24) is 19.5 Å². The minimum atomic E-state index is -0.991. The molecule has 3 heterocycles. The molecule has 0 aliphatic heterocycles. The van der Waals surface area contributed by atoms with Crippen molar-refractivity contribution in [2.45, 2.75) is 46.1 Å². The summed E-state index contributed by atoms with van der Waals surface area (Å²) >= 11 is 1.43. The topological polar surface area (TPSA) is 124 Å².